The van der Waals surface area contributed by atoms with Gasteiger partial charge in [-0.1, -0.05) is 384 Å². The molecule has 0 saturated heterocycles. The van der Waals surface area contributed by atoms with E-state index in [0.29, 0.717) is 0 Å². The van der Waals surface area contributed by atoms with Gasteiger partial charge in [0.15, 0.2) is 0 Å². The van der Waals surface area contributed by atoms with Crippen LogP contribution >= 0.6 is 11.3 Å². The molecule has 5 aromatic heterocycles. The van der Waals surface area contributed by atoms with Crippen molar-refractivity contribution in [1.29, 1.82) is 0 Å². The lowest BCUT2D eigenvalue weighted by atomic mass is 9.70. The highest BCUT2D eigenvalue weighted by Gasteiger charge is 2.55. The van der Waals surface area contributed by atoms with Crippen LogP contribution in [0.1, 0.15) is 69.6 Å². The van der Waals surface area contributed by atoms with Crippen LogP contribution in [0.15, 0.2) is 437 Å². The topological polar surface area (TPSA) is 61.4 Å². The molecule has 2 spiro atoms. The van der Waals surface area contributed by atoms with Crippen molar-refractivity contribution in [3.63, 3.8) is 0 Å². The van der Waals surface area contributed by atoms with E-state index in [2.05, 4.69) is 460 Å². The summed E-state index contributed by atoms with van der Waals surface area (Å²) in [5.41, 5.74) is 39.6. The molecule has 0 unspecified atom stereocenters. The molecule has 0 radical (unpaired) electrons. The van der Waals surface area contributed by atoms with Crippen LogP contribution in [-0.4, -0.2) is 29.1 Å². The van der Waals surface area contributed by atoms with Crippen LogP contribution in [0.3, 0.4) is 0 Å². The smallest absolute Gasteiger partial charge is 0.143 e. The Balaban J connectivity index is 0.000000129. The first-order valence-electron chi connectivity index (χ1n) is 47.1. The molecule has 630 valence electrons. The fourth-order valence-electron chi connectivity index (χ4n) is 25.3. The summed E-state index contributed by atoms with van der Waals surface area (Å²) >= 11 is 1.72. The molecular weight excluding hydrogens is 1670 g/mol. The standard InChI is InChI=1S/C65H37N3S.C64H41N3/c1-2-18-40-37-57-50(36-39(40)17-1)60-41-19-4-3-16-38(41)34-35-56(60)68(57)55-32-15-24-42-45(55)25-13-26-46(42)61-62(67-64-63(66-61)48-23-8-12-33-58(48)69-64)49-27-14-31-54-59(49)47-22-7-11-30-53(47)65(54)51-28-9-5-20-43(51)44-21-6-10-29-52(44)65;1-63(2)51-25-11-10-23-47(51)61-62(63)66-60(48-24-15-29-55-58(48)46-22-9-14-28-54(46)64(55)52-26-12-7-20-44(52)45-21-8-13-27-53(45)64)59(65-61)38-30-32-43(33-31-38)67-56-36-41-18-5-3-16-39(41)34-49(56)50-35-40-17-4-6-19-42(40)37-57(50)67/h1-37H;3-37H,1-2H3. The monoisotopic (exact) mass is 1740 g/mol. The second kappa shape index (κ2) is 28.0. The highest BCUT2D eigenvalue weighted by atomic mass is 32.1. The number of rotatable bonds is 6. The van der Waals surface area contributed by atoms with Gasteiger partial charge in [0.25, 0.3) is 0 Å². The quantitative estimate of drug-likeness (QED) is 0.166. The van der Waals surface area contributed by atoms with Gasteiger partial charge in [-0.25, -0.2) is 19.9 Å². The van der Waals surface area contributed by atoms with Gasteiger partial charge in [0.1, 0.15) is 10.3 Å². The summed E-state index contributed by atoms with van der Waals surface area (Å²) in [7, 11) is 0. The van der Waals surface area contributed by atoms with Crippen molar-refractivity contribution < 1.29 is 0 Å². The molecule has 0 fully saturated rings. The van der Waals surface area contributed by atoms with E-state index in [1.54, 1.807) is 11.3 Å². The summed E-state index contributed by atoms with van der Waals surface area (Å²) in [6.07, 6.45) is 0. The lowest BCUT2D eigenvalue weighted by Gasteiger charge is -2.30. The maximum absolute atomic E-state index is 5.87. The zero-order valence-electron chi connectivity index (χ0n) is 74.2. The predicted octanol–water partition coefficient (Wildman–Crippen LogP) is 32.9. The summed E-state index contributed by atoms with van der Waals surface area (Å²) in [4.78, 5) is 24.2. The third kappa shape index (κ3) is 10.1. The van der Waals surface area contributed by atoms with Gasteiger partial charge in [0, 0.05) is 75.9 Å². The molecule has 136 heavy (non-hydrogen) atoms. The maximum Gasteiger partial charge on any atom is 0.143 e. The fraction of sp³-hybridized carbons (Fsp3) is 0.0388. The van der Waals surface area contributed by atoms with E-state index >= 15 is 0 Å². The Morgan fingerprint density at radius 1 is 0.228 bits per heavy atom. The first kappa shape index (κ1) is 75.6. The molecule has 0 N–H and O–H groups in total. The molecule has 26 aromatic rings. The number of aromatic nitrogens is 6. The van der Waals surface area contributed by atoms with Crippen LogP contribution in [0, 0.1) is 0 Å². The van der Waals surface area contributed by atoms with Gasteiger partial charge >= 0.3 is 0 Å². The first-order valence-corrected chi connectivity index (χ1v) is 48.0. The SMILES string of the molecule is CC1(C)c2ccccc2-c2nc(-c3ccc(-n4c5cc6ccccc6cc5c5cc6ccccc6cc54)cc3)c(-c3cccc4c3-c3ccccc3C43c4ccccc4-c4ccccc43)nc21.c1ccc2c(c1)-c1ccccc1C21c2ccccc2-c2c(-c3nc4sc5ccccc5c4nc3-c3cccc4c(-n5c6cc7ccccc7cc6c6c7ccccc7ccc65)cccc34)cccc21. The molecule has 21 aromatic carbocycles. The maximum atomic E-state index is 5.87. The van der Waals surface area contributed by atoms with Crippen molar-refractivity contribution in [3.8, 4) is 112 Å². The Labute approximate surface area is 787 Å². The number of hydrogen-bond donors (Lipinski definition) is 0. The van der Waals surface area contributed by atoms with Crippen LogP contribution in [-0.2, 0) is 16.2 Å². The van der Waals surface area contributed by atoms with Crippen molar-refractivity contribution in [2.45, 2.75) is 30.1 Å². The molecule has 0 atom stereocenters. The first-order chi connectivity index (χ1) is 67.2. The Morgan fingerprint density at radius 3 is 1.17 bits per heavy atom. The van der Waals surface area contributed by atoms with Crippen LogP contribution in [0.4, 0.5) is 0 Å². The number of hydrogen-bond acceptors (Lipinski definition) is 5. The minimum absolute atomic E-state index is 0.332. The van der Waals surface area contributed by atoms with Crippen LogP contribution in [0.25, 0.3) is 230 Å². The van der Waals surface area contributed by atoms with Crippen LogP contribution < -0.4 is 0 Å². The van der Waals surface area contributed by atoms with Crippen LogP contribution in [0.5, 0.6) is 0 Å². The lowest BCUT2D eigenvalue weighted by Crippen LogP contribution is -2.25. The summed E-state index contributed by atoms with van der Waals surface area (Å²) in [5.74, 6) is 0. The van der Waals surface area contributed by atoms with E-state index < -0.39 is 10.8 Å². The largest absolute Gasteiger partial charge is 0.309 e. The van der Waals surface area contributed by atoms with E-state index in [9.17, 15) is 0 Å². The number of thiophene rings is 1. The Hall–Kier alpha value is -17.1. The fourth-order valence-corrected chi connectivity index (χ4v) is 26.3. The molecule has 5 aliphatic carbocycles. The third-order valence-electron chi connectivity index (χ3n) is 30.9. The number of benzene rings is 21. The third-order valence-corrected chi connectivity index (χ3v) is 32.0. The molecule has 0 bridgehead atoms. The van der Waals surface area contributed by atoms with Crippen molar-refractivity contribution in [2.24, 2.45) is 0 Å². The zero-order valence-corrected chi connectivity index (χ0v) is 75.0. The minimum atomic E-state index is -0.474. The van der Waals surface area contributed by atoms with Gasteiger partial charge in [-0.3, -0.25) is 0 Å². The van der Waals surface area contributed by atoms with E-state index in [4.69, 9.17) is 19.9 Å². The lowest BCUT2D eigenvalue weighted by molar-refractivity contribution is 0.636. The Kier molecular flexibility index (Phi) is 15.6. The van der Waals surface area contributed by atoms with Gasteiger partial charge in [-0.2, -0.15) is 0 Å². The molecule has 6 nitrogen and oxygen atoms in total. The van der Waals surface area contributed by atoms with E-state index in [0.717, 1.165) is 99.9 Å². The summed E-state index contributed by atoms with van der Waals surface area (Å²) in [6.45, 7) is 4.60. The molecule has 0 amide bonds. The van der Waals surface area contributed by atoms with Crippen molar-refractivity contribution in [2.75, 3.05) is 0 Å². The average Bonchev–Trinajstić information content (AvgIpc) is 1.50. The molecule has 0 saturated carbocycles. The van der Waals surface area contributed by atoms with E-state index in [1.165, 1.54) is 186 Å². The predicted molar refractivity (Wildman–Crippen MR) is 565 cm³/mol. The number of fused-ring (bicyclic) bond motifs is 38. The second-order valence-electron chi connectivity index (χ2n) is 37.9. The van der Waals surface area contributed by atoms with Crippen LogP contribution in [0.2, 0.25) is 0 Å². The zero-order chi connectivity index (χ0) is 89.1. The molecule has 5 heterocycles. The normalized spacial score (nSPS) is 13.8. The highest BCUT2D eigenvalue weighted by Crippen LogP contribution is 2.67. The summed E-state index contributed by atoms with van der Waals surface area (Å²) < 4.78 is 6.12. The average molecular weight is 1740 g/mol. The van der Waals surface area contributed by atoms with Crippen molar-refractivity contribution >= 4 is 129 Å². The Bertz CT molecular complexity index is 9640. The van der Waals surface area contributed by atoms with E-state index in [-0.39, 0.29) is 5.41 Å². The van der Waals surface area contributed by atoms with Gasteiger partial charge in [0.2, 0.25) is 0 Å². The van der Waals surface area contributed by atoms with Gasteiger partial charge < -0.3 is 9.13 Å². The minimum Gasteiger partial charge on any atom is -0.309 e. The summed E-state index contributed by atoms with van der Waals surface area (Å²) in [5, 5.41) is 18.3. The van der Waals surface area contributed by atoms with Crippen molar-refractivity contribution in [1.82, 2.24) is 29.1 Å². The highest BCUT2D eigenvalue weighted by molar-refractivity contribution is 7.25. The molecular formula is C129H78N6S. The van der Waals surface area contributed by atoms with Gasteiger partial charge in [-0.05, 0) is 210 Å². The molecule has 31 rings (SSSR count). The molecule has 7 heteroatoms. The molecule has 5 aliphatic rings. The van der Waals surface area contributed by atoms with E-state index in [1.807, 2.05) is 0 Å². The van der Waals surface area contributed by atoms with Gasteiger partial charge in [-0.15, -0.1) is 11.3 Å². The molecule has 0 aliphatic heterocycles. The number of nitrogens with zero attached hydrogens (tertiary/aromatic N) is 6. The second-order valence-corrected chi connectivity index (χ2v) is 38.9. The van der Waals surface area contributed by atoms with Gasteiger partial charge in [0.05, 0.1) is 72.7 Å². The summed E-state index contributed by atoms with van der Waals surface area (Å²) in [6, 6.07) is 162. The van der Waals surface area contributed by atoms with Crippen molar-refractivity contribution in [3.05, 3.63) is 493 Å². The Morgan fingerprint density at radius 2 is 0.618 bits per heavy atom.